The lowest BCUT2D eigenvalue weighted by molar-refractivity contribution is -0.0476. The molecule has 0 aliphatic heterocycles. The van der Waals surface area contributed by atoms with Crippen molar-refractivity contribution in [3.8, 4) is 0 Å². The van der Waals surface area contributed by atoms with Crippen molar-refractivity contribution in [3.63, 3.8) is 0 Å². The first-order valence-corrected chi connectivity index (χ1v) is 6.91. The highest BCUT2D eigenvalue weighted by atomic mass is 16.6. The van der Waals surface area contributed by atoms with Crippen LogP contribution in [0, 0.1) is 5.41 Å². The number of ether oxygens (including phenoxy) is 3. The van der Waals surface area contributed by atoms with Crippen LogP contribution in [0.3, 0.4) is 0 Å². The van der Waals surface area contributed by atoms with Gasteiger partial charge in [-0.1, -0.05) is 20.8 Å². The van der Waals surface area contributed by atoms with Gasteiger partial charge in [0.15, 0.2) is 0 Å². The van der Waals surface area contributed by atoms with Gasteiger partial charge in [-0.2, -0.15) is 0 Å². The Morgan fingerprint density at radius 2 is 1.63 bits per heavy atom. The highest BCUT2D eigenvalue weighted by molar-refractivity contribution is 4.67. The van der Waals surface area contributed by atoms with Crippen molar-refractivity contribution in [1.82, 2.24) is 0 Å². The number of hydrogen-bond donors (Lipinski definition) is 2. The molecule has 0 spiro atoms. The maximum Gasteiger partial charge on any atom is 0.0781 e. The van der Waals surface area contributed by atoms with E-state index in [-0.39, 0.29) is 18.1 Å². The van der Waals surface area contributed by atoms with E-state index in [1.165, 1.54) is 0 Å². The van der Waals surface area contributed by atoms with Gasteiger partial charge >= 0.3 is 0 Å². The molecule has 0 radical (unpaired) electrons. The molecule has 0 amide bonds. The van der Waals surface area contributed by atoms with E-state index < -0.39 is 6.10 Å². The largest absolute Gasteiger partial charge is 0.394 e. The molecular formula is C14H30O5. The van der Waals surface area contributed by atoms with Gasteiger partial charge in [-0.05, 0) is 18.8 Å². The van der Waals surface area contributed by atoms with Crippen LogP contribution in [0.2, 0.25) is 0 Å². The van der Waals surface area contributed by atoms with Crippen molar-refractivity contribution in [2.24, 2.45) is 5.41 Å². The quantitative estimate of drug-likeness (QED) is 0.556. The summed E-state index contributed by atoms with van der Waals surface area (Å²) in [5.41, 5.74) is 0.109. The summed E-state index contributed by atoms with van der Waals surface area (Å²) in [5.74, 6) is 0. The van der Waals surface area contributed by atoms with Crippen molar-refractivity contribution in [2.75, 3.05) is 39.6 Å². The SMILES string of the molecule is CC(COCCO)OCCOCC(O)CC(C)(C)C. The van der Waals surface area contributed by atoms with E-state index in [4.69, 9.17) is 19.3 Å². The first kappa shape index (κ1) is 18.8. The fourth-order valence-electron chi connectivity index (χ4n) is 1.66. The lowest BCUT2D eigenvalue weighted by atomic mass is 9.89. The first-order chi connectivity index (χ1) is 8.85. The Bertz CT molecular complexity index is 203. The minimum atomic E-state index is -0.426. The molecule has 0 bridgehead atoms. The van der Waals surface area contributed by atoms with Crippen molar-refractivity contribution < 1.29 is 24.4 Å². The zero-order valence-corrected chi connectivity index (χ0v) is 12.7. The number of hydrogen-bond acceptors (Lipinski definition) is 5. The Labute approximate surface area is 116 Å². The third-order valence-electron chi connectivity index (χ3n) is 2.38. The third-order valence-corrected chi connectivity index (χ3v) is 2.38. The monoisotopic (exact) mass is 278 g/mol. The second-order valence-electron chi connectivity index (χ2n) is 5.97. The van der Waals surface area contributed by atoms with E-state index in [2.05, 4.69) is 20.8 Å². The molecule has 0 saturated carbocycles. The minimum absolute atomic E-state index is 0.0188. The van der Waals surface area contributed by atoms with Crippen LogP contribution in [-0.4, -0.2) is 62.1 Å². The van der Waals surface area contributed by atoms with Crippen LogP contribution in [0.5, 0.6) is 0 Å². The lowest BCUT2D eigenvalue weighted by Crippen LogP contribution is -2.24. The van der Waals surface area contributed by atoms with Gasteiger partial charge in [0.25, 0.3) is 0 Å². The first-order valence-electron chi connectivity index (χ1n) is 6.91. The molecule has 0 aromatic carbocycles. The van der Waals surface area contributed by atoms with Crippen LogP contribution in [-0.2, 0) is 14.2 Å². The van der Waals surface area contributed by atoms with Crippen LogP contribution < -0.4 is 0 Å². The van der Waals surface area contributed by atoms with Gasteiger partial charge in [-0.25, -0.2) is 0 Å². The molecule has 0 aliphatic carbocycles. The van der Waals surface area contributed by atoms with E-state index in [0.717, 1.165) is 6.42 Å². The summed E-state index contributed by atoms with van der Waals surface area (Å²) in [4.78, 5) is 0. The van der Waals surface area contributed by atoms with Gasteiger partial charge in [-0.15, -0.1) is 0 Å². The molecule has 5 heteroatoms. The molecule has 2 unspecified atom stereocenters. The predicted molar refractivity (Wildman–Crippen MR) is 74.2 cm³/mol. The molecule has 116 valence electrons. The molecule has 0 aromatic heterocycles. The fraction of sp³-hybridized carbons (Fsp3) is 1.00. The summed E-state index contributed by atoms with van der Waals surface area (Å²) in [5, 5.41) is 18.3. The Hall–Kier alpha value is -0.200. The molecule has 0 aromatic rings. The highest BCUT2D eigenvalue weighted by Crippen LogP contribution is 2.20. The summed E-state index contributed by atoms with van der Waals surface area (Å²) in [7, 11) is 0. The number of aliphatic hydroxyl groups excluding tert-OH is 2. The Morgan fingerprint density at radius 3 is 2.21 bits per heavy atom. The second kappa shape index (κ2) is 10.6. The van der Waals surface area contributed by atoms with Gasteiger partial charge in [0.05, 0.1) is 51.8 Å². The summed E-state index contributed by atoms with van der Waals surface area (Å²) in [6.45, 7) is 10.3. The molecule has 2 N–H and O–H groups in total. The van der Waals surface area contributed by atoms with E-state index in [1.54, 1.807) is 0 Å². The van der Waals surface area contributed by atoms with E-state index in [9.17, 15) is 5.11 Å². The van der Waals surface area contributed by atoms with Crippen molar-refractivity contribution in [3.05, 3.63) is 0 Å². The van der Waals surface area contributed by atoms with Crippen LogP contribution in [0.1, 0.15) is 34.1 Å². The fourth-order valence-corrected chi connectivity index (χ4v) is 1.66. The molecule has 0 fully saturated rings. The zero-order chi connectivity index (χ0) is 14.7. The van der Waals surface area contributed by atoms with E-state index in [1.807, 2.05) is 6.92 Å². The normalized spacial score (nSPS) is 15.5. The number of rotatable bonds is 11. The Morgan fingerprint density at radius 1 is 1.00 bits per heavy atom. The van der Waals surface area contributed by atoms with E-state index >= 15 is 0 Å². The standard InChI is InChI=1S/C14H30O5/c1-12(10-17-6-5-15)19-8-7-18-11-13(16)9-14(2,3)4/h12-13,15-16H,5-11H2,1-4H3. The summed E-state index contributed by atoms with van der Waals surface area (Å²) >= 11 is 0. The number of aliphatic hydroxyl groups is 2. The lowest BCUT2D eigenvalue weighted by Gasteiger charge is -2.22. The summed E-state index contributed by atoms with van der Waals surface area (Å²) < 4.78 is 16.0. The van der Waals surface area contributed by atoms with Crippen LogP contribution in [0.15, 0.2) is 0 Å². The minimum Gasteiger partial charge on any atom is -0.394 e. The maximum absolute atomic E-state index is 9.73. The van der Waals surface area contributed by atoms with Crippen molar-refractivity contribution in [1.29, 1.82) is 0 Å². The zero-order valence-electron chi connectivity index (χ0n) is 12.7. The molecule has 0 heterocycles. The molecular weight excluding hydrogens is 248 g/mol. The predicted octanol–water partition coefficient (Wildman–Crippen LogP) is 1.21. The van der Waals surface area contributed by atoms with Gasteiger partial charge in [-0.3, -0.25) is 0 Å². The van der Waals surface area contributed by atoms with Gasteiger partial charge in [0.2, 0.25) is 0 Å². The van der Waals surface area contributed by atoms with E-state index in [0.29, 0.717) is 33.0 Å². The average molecular weight is 278 g/mol. The molecule has 2 atom stereocenters. The second-order valence-corrected chi connectivity index (χ2v) is 5.97. The molecule has 19 heavy (non-hydrogen) atoms. The maximum atomic E-state index is 9.73. The van der Waals surface area contributed by atoms with Crippen LogP contribution in [0.25, 0.3) is 0 Å². The topological polar surface area (TPSA) is 68.2 Å². The van der Waals surface area contributed by atoms with Gasteiger partial charge in [0, 0.05) is 0 Å². The van der Waals surface area contributed by atoms with Gasteiger partial charge < -0.3 is 24.4 Å². The highest BCUT2D eigenvalue weighted by Gasteiger charge is 2.16. The molecule has 0 rings (SSSR count). The molecule has 0 aliphatic rings. The molecule has 5 nitrogen and oxygen atoms in total. The van der Waals surface area contributed by atoms with Crippen molar-refractivity contribution in [2.45, 2.75) is 46.3 Å². The Kier molecular flexibility index (Phi) is 10.5. The Balaban J connectivity index is 3.39. The van der Waals surface area contributed by atoms with Crippen LogP contribution >= 0.6 is 0 Å². The summed E-state index contributed by atoms with van der Waals surface area (Å²) in [6, 6.07) is 0. The average Bonchev–Trinajstić information content (AvgIpc) is 2.26. The van der Waals surface area contributed by atoms with Crippen molar-refractivity contribution >= 4 is 0 Å². The van der Waals surface area contributed by atoms with Crippen LogP contribution in [0.4, 0.5) is 0 Å². The van der Waals surface area contributed by atoms with Gasteiger partial charge in [0.1, 0.15) is 0 Å². The summed E-state index contributed by atoms with van der Waals surface area (Å²) in [6.07, 6.45) is 0.277. The third kappa shape index (κ3) is 14.0. The smallest absolute Gasteiger partial charge is 0.0781 e. The molecule has 0 saturated heterocycles.